The average molecular weight is 356 g/mol. The molecule has 0 unspecified atom stereocenters. The summed E-state index contributed by atoms with van der Waals surface area (Å²) in [4.78, 5) is 2.34. The van der Waals surface area contributed by atoms with E-state index in [-0.39, 0.29) is 0 Å². The van der Waals surface area contributed by atoms with Gasteiger partial charge >= 0.3 is 0 Å². The number of nitrogens with zero attached hydrogens (tertiary/aromatic N) is 3. The number of likely N-dealkylation sites (tertiary alicyclic amines) is 1. The molecule has 1 fully saturated rings. The van der Waals surface area contributed by atoms with Crippen LogP contribution in [0.25, 0.3) is 10.8 Å². The first kappa shape index (κ1) is 14.0. The Kier molecular flexibility index (Phi) is 4.10. The van der Waals surface area contributed by atoms with Crippen LogP contribution in [0.2, 0.25) is 5.15 Å². The number of hydrogen-bond acceptors (Lipinski definition) is 4. The number of piperidine rings is 1. The van der Waals surface area contributed by atoms with Crippen molar-refractivity contribution in [3.05, 3.63) is 27.8 Å². The quantitative estimate of drug-likeness (QED) is 0.894. The van der Waals surface area contributed by atoms with Crippen LogP contribution in [0, 0.1) is 0 Å². The summed E-state index contributed by atoms with van der Waals surface area (Å²) in [6.45, 7) is 2.19. The predicted octanol–water partition coefficient (Wildman–Crippen LogP) is 3.55. The van der Waals surface area contributed by atoms with Crippen LogP contribution in [0.3, 0.4) is 0 Å². The normalized spacial score (nSPS) is 20.2. The van der Waals surface area contributed by atoms with E-state index in [1.165, 1.54) is 6.42 Å². The van der Waals surface area contributed by atoms with Gasteiger partial charge in [0.25, 0.3) is 0 Å². The Balaban J connectivity index is 1.95. The highest BCUT2D eigenvalue weighted by atomic mass is 79.9. The number of hydrogen-bond donors (Lipinski definition) is 1. The van der Waals surface area contributed by atoms with Gasteiger partial charge < -0.3 is 10.2 Å². The summed E-state index contributed by atoms with van der Waals surface area (Å²) in [6.07, 6.45) is 2.36. The second-order valence-electron chi connectivity index (χ2n) is 5.28. The van der Waals surface area contributed by atoms with Gasteiger partial charge in [0, 0.05) is 27.8 Å². The Morgan fingerprint density at radius 3 is 3.00 bits per heavy atom. The summed E-state index contributed by atoms with van der Waals surface area (Å²) in [5, 5.41) is 14.2. The molecule has 2 aromatic rings. The van der Waals surface area contributed by atoms with E-state index in [1.54, 1.807) is 0 Å². The lowest BCUT2D eigenvalue weighted by atomic mass is 10.1. The summed E-state index contributed by atoms with van der Waals surface area (Å²) >= 11 is 9.62. The number of fused-ring (bicyclic) bond motifs is 1. The molecule has 0 bridgehead atoms. The van der Waals surface area contributed by atoms with Crippen LogP contribution < -0.4 is 5.32 Å². The lowest BCUT2D eigenvalue weighted by Gasteiger charge is -2.30. The molecule has 1 aliphatic heterocycles. The first-order chi connectivity index (χ1) is 9.63. The Hall–Kier alpha value is -0.910. The molecule has 1 atom stereocenters. The minimum absolute atomic E-state index is 0.409. The maximum absolute atomic E-state index is 6.12. The van der Waals surface area contributed by atoms with Crippen LogP contribution in [0.15, 0.2) is 22.7 Å². The first-order valence-electron chi connectivity index (χ1n) is 6.70. The van der Waals surface area contributed by atoms with Gasteiger partial charge in [-0.3, -0.25) is 0 Å². The van der Waals surface area contributed by atoms with Crippen molar-refractivity contribution < 1.29 is 0 Å². The molecule has 1 aromatic heterocycles. The Morgan fingerprint density at radius 1 is 1.35 bits per heavy atom. The second kappa shape index (κ2) is 5.84. The van der Waals surface area contributed by atoms with Crippen LogP contribution in [-0.2, 0) is 0 Å². The fourth-order valence-corrected chi connectivity index (χ4v) is 3.24. The van der Waals surface area contributed by atoms with Crippen LogP contribution >= 0.6 is 27.5 Å². The highest BCUT2D eigenvalue weighted by Crippen LogP contribution is 2.29. The SMILES string of the molecule is CN1CCC[C@@H](Nc2nnc(Cl)c3ccc(Br)cc23)C1. The molecule has 0 amide bonds. The van der Waals surface area contributed by atoms with Gasteiger partial charge in [0.05, 0.1) is 0 Å². The fourth-order valence-electron chi connectivity index (χ4n) is 2.68. The highest BCUT2D eigenvalue weighted by molar-refractivity contribution is 9.10. The largest absolute Gasteiger partial charge is 0.364 e. The molecular weight excluding hydrogens is 340 g/mol. The van der Waals surface area contributed by atoms with E-state index < -0.39 is 0 Å². The number of anilines is 1. The molecule has 1 aliphatic rings. The average Bonchev–Trinajstić information content (AvgIpc) is 2.42. The number of nitrogens with one attached hydrogen (secondary N) is 1. The van der Waals surface area contributed by atoms with Crippen LogP contribution in [0.1, 0.15) is 12.8 Å². The third kappa shape index (κ3) is 2.90. The summed E-state index contributed by atoms with van der Waals surface area (Å²) in [7, 11) is 2.15. The fraction of sp³-hybridized carbons (Fsp3) is 0.429. The van der Waals surface area contributed by atoms with E-state index in [0.29, 0.717) is 11.2 Å². The van der Waals surface area contributed by atoms with E-state index >= 15 is 0 Å². The third-order valence-corrected chi connectivity index (χ3v) is 4.43. The van der Waals surface area contributed by atoms with Crippen molar-refractivity contribution in [3.63, 3.8) is 0 Å². The zero-order valence-electron chi connectivity index (χ0n) is 11.2. The summed E-state index contributed by atoms with van der Waals surface area (Å²) < 4.78 is 1.01. The molecule has 20 heavy (non-hydrogen) atoms. The summed E-state index contributed by atoms with van der Waals surface area (Å²) in [5.41, 5.74) is 0. The second-order valence-corrected chi connectivity index (χ2v) is 6.55. The first-order valence-corrected chi connectivity index (χ1v) is 7.87. The van der Waals surface area contributed by atoms with Gasteiger partial charge in [-0.25, -0.2) is 0 Å². The van der Waals surface area contributed by atoms with Gasteiger partial charge in [0.15, 0.2) is 11.0 Å². The standard InChI is InChI=1S/C14H16BrClN4/c1-20-6-2-3-10(8-20)17-14-12-7-9(15)4-5-11(12)13(16)18-19-14/h4-5,7,10H,2-3,6,8H2,1H3,(H,17,19)/t10-/m1/s1. The maximum Gasteiger partial charge on any atom is 0.159 e. The molecular formula is C14H16BrClN4. The molecule has 106 valence electrons. The minimum Gasteiger partial charge on any atom is -0.364 e. The lowest BCUT2D eigenvalue weighted by Crippen LogP contribution is -2.40. The molecule has 1 aromatic carbocycles. The van der Waals surface area contributed by atoms with Crippen molar-refractivity contribution in [2.75, 3.05) is 25.5 Å². The molecule has 2 heterocycles. The summed E-state index contributed by atoms with van der Waals surface area (Å²) in [6, 6.07) is 6.37. The lowest BCUT2D eigenvalue weighted by molar-refractivity contribution is 0.261. The van der Waals surface area contributed by atoms with E-state index in [2.05, 4.69) is 43.4 Å². The van der Waals surface area contributed by atoms with E-state index in [9.17, 15) is 0 Å². The van der Waals surface area contributed by atoms with Crippen molar-refractivity contribution >= 4 is 44.1 Å². The van der Waals surface area contributed by atoms with E-state index in [1.807, 2.05) is 18.2 Å². The molecule has 1 saturated heterocycles. The zero-order valence-corrected chi connectivity index (χ0v) is 13.6. The topological polar surface area (TPSA) is 41.0 Å². The molecule has 3 rings (SSSR count). The predicted molar refractivity (Wildman–Crippen MR) is 86.4 cm³/mol. The Bertz CT molecular complexity index is 634. The van der Waals surface area contributed by atoms with Crippen molar-refractivity contribution in [3.8, 4) is 0 Å². The number of halogens is 2. The Labute approximate surface area is 131 Å². The van der Waals surface area contributed by atoms with Gasteiger partial charge in [-0.1, -0.05) is 27.5 Å². The highest BCUT2D eigenvalue weighted by Gasteiger charge is 2.19. The molecule has 1 N–H and O–H groups in total. The minimum atomic E-state index is 0.409. The Morgan fingerprint density at radius 2 is 2.20 bits per heavy atom. The van der Waals surface area contributed by atoms with Crippen LogP contribution in [-0.4, -0.2) is 41.3 Å². The molecule has 0 radical (unpaired) electrons. The van der Waals surface area contributed by atoms with E-state index in [4.69, 9.17) is 11.6 Å². The van der Waals surface area contributed by atoms with Crippen LogP contribution in [0.4, 0.5) is 5.82 Å². The van der Waals surface area contributed by atoms with Gasteiger partial charge in [-0.05, 0) is 44.6 Å². The smallest absolute Gasteiger partial charge is 0.159 e. The van der Waals surface area contributed by atoms with Crippen molar-refractivity contribution in [1.82, 2.24) is 15.1 Å². The third-order valence-electron chi connectivity index (χ3n) is 3.66. The number of benzene rings is 1. The van der Waals surface area contributed by atoms with Crippen molar-refractivity contribution in [2.24, 2.45) is 0 Å². The summed E-state index contributed by atoms with van der Waals surface area (Å²) in [5.74, 6) is 0.811. The van der Waals surface area contributed by atoms with Crippen LogP contribution in [0.5, 0.6) is 0 Å². The van der Waals surface area contributed by atoms with Crippen molar-refractivity contribution in [2.45, 2.75) is 18.9 Å². The number of likely N-dealkylation sites (N-methyl/N-ethyl adjacent to an activating group) is 1. The van der Waals surface area contributed by atoms with Gasteiger partial charge in [-0.15, -0.1) is 10.2 Å². The molecule has 4 nitrogen and oxygen atoms in total. The number of rotatable bonds is 2. The molecule has 0 saturated carbocycles. The zero-order chi connectivity index (χ0) is 14.1. The van der Waals surface area contributed by atoms with Gasteiger partial charge in [-0.2, -0.15) is 0 Å². The monoisotopic (exact) mass is 354 g/mol. The number of aromatic nitrogens is 2. The van der Waals surface area contributed by atoms with Gasteiger partial charge in [0.1, 0.15) is 0 Å². The molecule has 0 spiro atoms. The van der Waals surface area contributed by atoms with Gasteiger partial charge in [0.2, 0.25) is 0 Å². The molecule has 6 heteroatoms. The maximum atomic E-state index is 6.12. The van der Waals surface area contributed by atoms with E-state index in [0.717, 1.165) is 40.6 Å². The molecule has 0 aliphatic carbocycles. The van der Waals surface area contributed by atoms with Crippen molar-refractivity contribution in [1.29, 1.82) is 0 Å².